The zero-order valence-electron chi connectivity index (χ0n) is 14.0. The lowest BCUT2D eigenvalue weighted by Gasteiger charge is -2.12. The normalized spacial score (nSPS) is 10.4. The van der Waals surface area contributed by atoms with Gasteiger partial charge in [0, 0.05) is 10.6 Å². The van der Waals surface area contributed by atoms with Crippen LogP contribution in [-0.4, -0.2) is 20.8 Å². The van der Waals surface area contributed by atoms with Crippen molar-refractivity contribution in [1.29, 1.82) is 5.26 Å². The Morgan fingerprint density at radius 3 is 2.58 bits per heavy atom. The van der Waals surface area contributed by atoms with Crippen molar-refractivity contribution in [3.63, 3.8) is 0 Å². The molecule has 0 fully saturated rings. The fourth-order valence-corrected chi connectivity index (χ4v) is 2.73. The Balaban J connectivity index is 2.29. The van der Waals surface area contributed by atoms with Crippen molar-refractivity contribution >= 4 is 22.6 Å². The highest BCUT2D eigenvalue weighted by Crippen LogP contribution is 2.36. The molecule has 6 nitrogen and oxygen atoms in total. The largest absolute Gasteiger partial charge is 0.493 e. The molecule has 0 aliphatic heterocycles. The van der Waals surface area contributed by atoms with Crippen LogP contribution in [-0.2, 0) is 0 Å². The van der Waals surface area contributed by atoms with Gasteiger partial charge in [0.25, 0.3) is 0 Å². The SMILES string of the molecule is COc1ccc(-c2oc3ccc(Cl)cc3c(=O)c2OCC#N)cc1OC. The van der Waals surface area contributed by atoms with Crippen LogP contribution in [0.25, 0.3) is 22.3 Å². The van der Waals surface area contributed by atoms with Crippen LogP contribution in [0.1, 0.15) is 0 Å². The van der Waals surface area contributed by atoms with Crippen LogP contribution in [0.15, 0.2) is 45.6 Å². The summed E-state index contributed by atoms with van der Waals surface area (Å²) in [7, 11) is 3.03. The molecule has 26 heavy (non-hydrogen) atoms. The van der Waals surface area contributed by atoms with E-state index >= 15 is 0 Å². The quantitative estimate of drug-likeness (QED) is 0.673. The van der Waals surface area contributed by atoms with Crippen LogP contribution >= 0.6 is 11.6 Å². The third kappa shape index (κ3) is 3.17. The smallest absolute Gasteiger partial charge is 0.235 e. The first-order chi connectivity index (χ1) is 12.6. The second-order valence-electron chi connectivity index (χ2n) is 5.25. The molecule has 0 amide bonds. The molecule has 2 aromatic carbocycles. The fraction of sp³-hybridized carbons (Fsp3) is 0.158. The molecule has 7 heteroatoms. The van der Waals surface area contributed by atoms with Gasteiger partial charge in [0.1, 0.15) is 11.7 Å². The van der Waals surface area contributed by atoms with Gasteiger partial charge in [0.2, 0.25) is 11.2 Å². The van der Waals surface area contributed by atoms with E-state index in [2.05, 4.69) is 0 Å². The predicted octanol–water partition coefficient (Wildman–Crippen LogP) is 4.03. The second-order valence-corrected chi connectivity index (χ2v) is 5.68. The second kappa shape index (κ2) is 7.38. The monoisotopic (exact) mass is 371 g/mol. The Kier molecular flexibility index (Phi) is 5.01. The molecule has 0 aliphatic carbocycles. The molecule has 1 aromatic heterocycles. The van der Waals surface area contributed by atoms with Crippen molar-refractivity contribution in [1.82, 2.24) is 0 Å². The lowest BCUT2D eigenvalue weighted by molar-refractivity contribution is 0.353. The number of hydrogen-bond donors (Lipinski definition) is 0. The Labute approximate surface area is 154 Å². The zero-order valence-corrected chi connectivity index (χ0v) is 14.8. The van der Waals surface area contributed by atoms with E-state index in [-0.39, 0.29) is 23.5 Å². The van der Waals surface area contributed by atoms with Crippen LogP contribution in [0.4, 0.5) is 0 Å². The van der Waals surface area contributed by atoms with Crippen molar-refractivity contribution in [3.8, 4) is 34.6 Å². The van der Waals surface area contributed by atoms with Gasteiger partial charge in [-0.3, -0.25) is 4.79 Å². The number of hydrogen-bond acceptors (Lipinski definition) is 6. The van der Waals surface area contributed by atoms with Gasteiger partial charge in [-0.25, -0.2) is 0 Å². The molecule has 0 atom stereocenters. The van der Waals surface area contributed by atoms with Gasteiger partial charge in [-0.1, -0.05) is 11.6 Å². The molecule has 3 aromatic rings. The topological polar surface area (TPSA) is 81.7 Å². The number of rotatable bonds is 5. The molecule has 3 rings (SSSR count). The van der Waals surface area contributed by atoms with E-state index in [9.17, 15) is 4.79 Å². The minimum absolute atomic E-state index is 0.0615. The zero-order chi connectivity index (χ0) is 18.7. The predicted molar refractivity (Wildman–Crippen MR) is 97.1 cm³/mol. The highest BCUT2D eigenvalue weighted by molar-refractivity contribution is 6.31. The summed E-state index contributed by atoms with van der Waals surface area (Å²) >= 11 is 5.97. The first-order valence-corrected chi connectivity index (χ1v) is 7.95. The van der Waals surface area contributed by atoms with Gasteiger partial charge >= 0.3 is 0 Å². The highest BCUT2D eigenvalue weighted by atomic mass is 35.5. The number of nitriles is 1. The van der Waals surface area contributed by atoms with Gasteiger partial charge in [0.05, 0.1) is 19.6 Å². The molecule has 0 aliphatic rings. The summed E-state index contributed by atoms with van der Waals surface area (Å²) in [6, 6.07) is 11.6. The van der Waals surface area contributed by atoms with Crippen molar-refractivity contribution < 1.29 is 18.6 Å². The summed E-state index contributed by atoms with van der Waals surface area (Å²) < 4.78 is 21.8. The van der Waals surface area contributed by atoms with E-state index in [4.69, 9.17) is 35.5 Å². The van der Waals surface area contributed by atoms with Crippen molar-refractivity contribution in [2.45, 2.75) is 0 Å². The Hall–Kier alpha value is -3.17. The van der Waals surface area contributed by atoms with Crippen LogP contribution in [0, 0.1) is 11.3 Å². The molecule has 132 valence electrons. The highest BCUT2D eigenvalue weighted by Gasteiger charge is 2.19. The number of benzene rings is 2. The summed E-state index contributed by atoms with van der Waals surface area (Å²) in [5.41, 5.74) is 0.492. The number of methoxy groups -OCH3 is 2. The number of nitrogens with zero attached hydrogens (tertiary/aromatic N) is 1. The van der Waals surface area contributed by atoms with Gasteiger partial charge in [-0.05, 0) is 36.4 Å². The molecule has 0 spiro atoms. The molecular formula is C19H14ClNO5. The number of fused-ring (bicyclic) bond motifs is 1. The van der Waals surface area contributed by atoms with E-state index < -0.39 is 5.43 Å². The number of ether oxygens (including phenoxy) is 3. The lowest BCUT2D eigenvalue weighted by Crippen LogP contribution is -2.10. The molecule has 1 heterocycles. The Morgan fingerprint density at radius 1 is 1.12 bits per heavy atom. The van der Waals surface area contributed by atoms with Gasteiger partial charge in [-0.2, -0.15) is 5.26 Å². The lowest BCUT2D eigenvalue weighted by atomic mass is 10.1. The average Bonchev–Trinajstić information content (AvgIpc) is 2.67. The molecule has 0 unspecified atom stereocenters. The Bertz CT molecular complexity index is 1070. The molecule has 0 saturated heterocycles. The van der Waals surface area contributed by atoms with E-state index in [1.807, 2.05) is 6.07 Å². The van der Waals surface area contributed by atoms with Crippen LogP contribution in [0.3, 0.4) is 0 Å². The third-order valence-electron chi connectivity index (χ3n) is 3.74. The van der Waals surface area contributed by atoms with Crippen molar-refractivity contribution in [3.05, 3.63) is 51.6 Å². The van der Waals surface area contributed by atoms with Crippen molar-refractivity contribution in [2.75, 3.05) is 20.8 Å². The van der Waals surface area contributed by atoms with Crippen LogP contribution < -0.4 is 19.6 Å². The van der Waals surface area contributed by atoms with E-state index in [0.29, 0.717) is 27.7 Å². The van der Waals surface area contributed by atoms with E-state index in [1.54, 1.807) is 30.3 Å². The minimum atomic E-state index is -0.409. The fourth-order valence-electron chi connectivity index (χ4n) is 2.55. The van der Waals surface area contributed by atoms with Crippen molar-refractivity contribution in [2.24, 2.45) is 0 Å². The van der Waals surface area contributed by atoms with E-state index in [0.717, 1.165) is 0 Å². The molecule has 0 saturated carbocycles. The summed E-state index contributed by atoms with van der Waals surface area (Å²) in [5.74, 6) is 1.13. The summed E-state index contributed by atoms with van der Waals surface area (Å²) in [6.07, 6.45) is 0. The standard InChI is InChI=1S/C19H14ClNO5/c1-23-15-5-3-11(9-16(15)24-2)18-19(25-8-7-21)17(22)13-10-12(20)4-6-14(13)26-18/h3-6,9-10H,8H2,1-2H3. The van der Waals surface area contributed by atoms with Gasteiger partial charge in [0.15, 0.2) is 23.9 Å². The van der Waals surface area contributed by atoms with Gasteiger partial charge in [-0.15, -0.1) is 0 Å². The van der Waals surface area contributed by atoms with Crippen LogP contribution in [0.2, 0.25) is 5.02 Å². The van der Waals surface area contributed by atoms with Crippen LogP contribution in [0.5, 0.6) is 17.2 Å². The molecular weight excluding hydrogens is 358 g/mol. The summed E-state index contributed by atoms with van der Waals surface area (Å²) in [4.78, 5) is 12.8. The molecule has 0 bridgehead atoms. The van der Waals surface area contributed by atoms with Gasteiger partial charge < -0.3 is 18.6 Å². The number of halogens is 1. The first kappa shape index (κ1) is 17.6. The average molecular weight is 372 g/mol. The first-order valence-electron chi connectivity index (χ1n) is 7.57. The summed E-state index contributed by atoms with van der Waals surface area (Å²) in [5, 5.41) is 9.49. The molecule has 0 N–H and O–H groups in total. The maximum Gasteiger partial charge on any atom is 0.235 e. The third-order valence-corrected chi connectivity index (χ3v) is 3.97. The minimum Gasteiger partial charge on any atom is -0.493 e. The summed E-state index contributed by atoms with van der Waals surface area (Å²) in [6.45, 7) is -0.295. The Morgan fingerprint density at radius 2 is 1.88 bits per heavy atom. The molecule has 0 radical (unpaired) electrons. The maximum absolute atomic E-state index is 12.8. The van der Waals surface area contributed by atoms with E-state index in [1.165, 1.54) is 20.3 Å². The maximum atomic E-state index is 12.8.